The Bertz CT molecular complexity index is 1280. The van der Waals surface area contributed by atoms with Gasteiger partial charge in [-0.1, -0.05) is 78.9 Å². The zero-order chi connectivity index (χ0) is 23.4. The van der Waals surface area contributed by atoms with Crippen molar-refractivity contribution in [3.63, 3.8) is 0 Å². The first-order valence-electron chi connectivity index (χ1n) is 11.2. The van der Waals surface area contributed by atoms with Crippen LogP contribution in [0.4, 0.5) is 0 Å². The Kier molecular flexibility index (Phi) is 6.08. The van der Waals surface area contributed by atoms with Gasteiger partial charge in [-0.2, -0.15) is 0 Å². The number of rotatable bonds is 6. The van der Waals surface area contributed by atoms with Gasteiger partial charge in [-0.05, 0) is 71.8 Å². The van der Waals surface area contributed by atoms with Gasteiger partial charge in [0.25, 0.3) is 0 Å². The number of benzene rings is 5. The zero-order valence-corrected chi connectivity index (χ0v) is 19.5. The molecule has 0 aliphatic rings. The first kappa shape index (κ1) is 21.8. The van der Waals surface area contributed by atoms with Crippen LogP contribution in [0.25, 0.3) is 11.1 Å². The minimum atomic E-state index is -2.12. The summed E-state index contributed by atoms with van der Waals surface area (Å²) in [6.07, 6.45) is 0. The van der Waals surface area contributed by atoms with Crippen LogP contribution < -0.4 is 21.2 Å². The van der Waals surface area contributed by atoms with E-state index in [9.17, 15) is 9.90 Å². The molecule has 0 radical (unpaired) electrons. The lowest BCUT2D eigenvalue weighted by atomic mass is 10.0. The van der Waals surface area contributed by atoms with Gasteiger partial charge in [0, 0.05) is 0 Å². The highest BCUT2D eigenvalue weighted by Crippen LogP contribution is 2.54. The van der Waals surface area contributed by atoms with E-state index in [-0.39, 0.29) is 0 Å². The molecule has 164 valence electrons. The monoisotopic (exact) mass is 459 g/mol. The second-order valence-electron chi connectivity index (χ2n) is 8.11. The first-order chi connectivity index (χ1) is 16.7. The van der Waals surface area contributed by atoms with Crippen molar-refractivity contribution in [3.05, 3.63) is 145 Å². The van der Waals surface area contributed by atoms with Crippen LogP contribution in [0, 0.1) is 0 Å². The molecule has 0 spiro atoms. The van der Waals surface area contributed by atoms with E-state index in [0.29, 0.717) is 5.56 Å². The molecular formula is C31H24O2P+. The second-order valence-corrected chi connectivity index (χ2v) is 11.5. The van der Waals surface area contributed by atoms with Crippen LogP contribution in [0.15, 0.2) is 140 Å². The van der Waals surface area contributed by atoms with Gasteiger partial charge in [0.05, 0.1) is 5.56 Å². The summed E-state index contributed by atoms with van der Waals surface area (Å²) in [5.74, 6) is -0.912. The molecule has 1 N–H and O–H groups in total. The van der Waals surface area contributed by atoms with Gasteiger partial charge in [0.15, 0.2) is 0 Å². The molecule has 0 unspecified atom stereocenters. The molecule has 0 atom stereocenters. The molecule has 0 fully saturated rings. The summed E-state index contributed by atoms with van der Waals surface area (Å²) in [7, 11) is -2.12. The van der Waals surface area contributed by atoms with E-state index in [1.807, 2.05) is 12.1 Å². The number of carbonyl (C=O) groups is 1. The van der Waals surface area contributed by atoms with Crippen molar-refractivity contribution in [3.8, 4) is 11.1 Å². The molecule has 34 heavy (non-hydrogen) atoms. The standard InChI is InChI=1S/C31H23O2P/c32-31(33)26-18-16-24(17-19-26)25-20-22-30(23-21-25)34(27-10-4-1-5-11-27,28-12-6-2-7-13-28)29-14-8-3-9-15-29/h1-23H/p+1. The Morgan fingerprint density at radius 3 is 1.12 bits per heavy atom. The highest BCUT2D eigenvalue weighted by Gasteiger charge is 2.47. The third-order valence-electron chi connectivity index (χ3n) is 6.15. The maximum absolute atomic E-state index is 11.2. The van der Waals surface area contributed by atoms with E-state index in [4.69, 9.17) is 0 Å². The fourth-order valence-corrected chi connectivity index (χ4v) is 8.78. The molecule has 5 aromatic rings. The van der Waals surface area contributed by atoms with Crippen LogP contribution in [-0.4, -0.2) is 11.1 Å². The van der Waals surface area contributed by atoms with Gasteiger partial charge in [0.1, 0.15) is 28.5 Å². The number of carboxylic acids is 1. The molecule has 0 aliphatic heterocycles. The Hall–Kier alpha value is -4.00. The van der Waals surface area contributed by atoms with Crippen molar-refractivity contribution >= 4 is 34.4 Å². The summed E-state index contributed by atoms with van der Waals surface area (Å²) in [5.41, 5.74) is 2.36. The molecule has 0 aromatic heterocycles. The van der Waals surface area contributed by atoms with Crippen LogP contribution >= 0.6 is 7.26 Å². The third-order valence-corrected chi connectivity index (χ3v) is 10.4. The fraction of sp³-hybridized carbons (Fsp3) is 0. The van der Waals surface area contributed by atoms with Crippen LogP contribution in [0.1, 0.15) is 10.4 Å². The second kappa shape index (κ2) is 9.47. The zero-order valence-electron chi connectivity index (χ0n) is 18.6. The maximum atomic E-state index is 11.2. The topological polar surface area (TPSA) is 37.3 Å². The number of carboxylic acid groups (broad SMARTS) is 1. The number of hydrogen-bond donors (Lipinski definition) is 1. The lowest BCUT2D eigenvalue weighted by molar-refractivity contribution is 0.0697. The Balaban J connectivity index is 1.70. The van der Waals surface area contributed by atoms with Crippen LogP contribution in [-0.2, 0) is 0 Å². The largest absolute Gasteiger partial charge is 0.478 e. The molecule has 5 aromatic carbocycles. The van der Waals surface area contributed by atoms with Gasteiger partial charge in [-0.3, -0.25) is 0 Å². The van der Waals surface area contributed by atoms with Crippen molar-refractivity contribution in [2.45, 2.75) is 0 Å². The predicted molar refractivity (Wildman–Crippen MR) is 144 cm³/mol. The SMILES string of the molecule is O=C(O)c1ccc(-c2ccc([P+](c3ccccc3)(c3ccccc3)c3ccccc3)cc2)cc1. The van der Waals surface area contributed by atoms with Crippen LogP contribution in [0.5, 0.6) is 0 Å². The van der Waals surface area contributed by atoms with Crippen molar-refractivity contribution in [2.24, 2.45) is 0 Å². The van der Waals surface area contributed by atoms with Crippen molar-refractivity contribution < 1.29 is 9.90 Å². The van der Waals surface area contributed by atoms with Gasteiger partial charge in [-0.15, -0.1) is 0 Å². The van der Waals surface area contributed by atoms with Gasteiger partial charge in [-0.25, -0.2) is 4.79 Å². The molecule has 0 bridgehead atoms. The number of hydrogen-bond acceptors (Lipinski definition) is 1. The van der Waals surface area contributed by atoms with E-state index in [0.717, 1.165) is 11.1 Å². The van der Waals surface area contributed by atoms with Gasteiger partial charge < -0.3 is 5.11 Å². The smallest absolute Gasteiger partial charge is 0.335 e. The third kappa shape index (κ3) is 3.94. The molecule has 2 nitrogen and oxygen atoms in total. The Morgan fingerprint density at radius 2 is 0.765 bits per heavy atom. The fourth-order valence-electron chi connectivity index (χ4n) is 4.53. The molecule has 0 saturated carbocycles. The summed E-state index contributed by atoms with van der Waals surface area (Å²) >= 11 is 0. The molecule has 3 heteroatoms. The van der Waals surface area contributed by atoms with E-state index in [2.05, 4.69) is 115 Å². The highest BCUT2D eigenvalue weighted by molar-refractivity contribution is 8.01. The van der Waals surface area contributed by atoms with Gasteiger partial charge >= 0.3 is 5.97 Å². The minimum Gasteiger partial charge on any atom is -0.478 e. The molecule has 0 saturated heterocycles. The van der Waals surface area contributed by atoms with E-state index >= 15 is 0 Å². The van der Waals surface area contributed by atoms with Crippen molar-refractivity contribution in [2.75, 3.05) is 0 Å². The quantitative estimate of drug-likeness (QED) is 0.332. The minimum absolute atomic E-state index is 0.294. The summed E-state index contributed by atoms with van der Waals surface area (Å²) in [5, 5.41) is 14.4. The predicted octanol–water partition coefficient (Wildman–Crippen LogP) is 5.67. The van der Waals surface area contributed by atoms with Crippen molar-refractivity contribution in [1.29, 1.82) is 0 Å². The van der Waals surface area contributed by atoms with E-state index < -0.39 is 13.2 Å². The summed E-state index contributed by atoms with van der Waals surface area (Å²) < 4.78 is 0. The van der Waals surface area contributed by atoms with Gasteiger partial charge in [0.2, 0.25) is 0 Å². The molecule has 0 aliphatic carbocycles. The summed E-state index contributed by atoms with van der Waals surface area (Å²) in [6.45, 7) is 0. The highest BCUT2D eigenvalue weighted by atomic mass is 31.2. The lowest BCUT2D eigenvalue weighted by Gasteiger charge is -2.27. The molecule has 5 rings (SSSR count). The summed E-state index contributed by atoms with van der Waals surface area (Å²) in [6, 6.07) is 48.2. The maximum Gasteiger partial charge on any atom is 0.335 e. The summed E-state index contributed by atoms with van der Waals surface area (Å²) in [4.78, 5) is 11.2. The lowest BCUT2D eigenvalue weighted by Crippen LogP contribution is -2.38. The molecule has 0 amide bonds. The Labute approximate surface area is 200 Å². The van der Waals surface area contributed by atoms with E-state index in [1.165, 1.54) is 21.2 Å². The van der Waals surface area contributed by atoms with Crippen LogP contribution in [0.3, 0.4) is 0 Å². The molecular weight excluding hydrogens is 435 g/mol. The number of aromatic carboxylic acids is 1. The van der Waals surface area contributed by atoms with Crippen molar-refractivity contribution in [1.82, 2.24) is 0 Å². The average molecular weight is 460 g/mol. The average Bonchev–Trinajstić information content (AvgIpc) is 2.91. The normalized spacial score (nSPS) is 11.2. The van der Waals surface area contributed by atoms with E-state index in [1.54, 1.807) is 12.1 Å². The van der Waals surface area contributed by atoms with Crippen LogP contribution in [0.2, 0.25) is 0 Å². The molecule has 0 heterocycles. The first-order valence-corrected chi connectivity index (χ1v) is 13.0. The Morgan fingerprint density at radius 1 is 0.441 bits per heavy atom.